The van der Waals surface area contributed by atoms with Crippen molar-refractivity contribution in [3.63, 3.8) is 0 Å². The van der Waals surface area contributed by atoms with Crippen molar-refractivity contribution in [3.8, 4) is 11.4 Å². The van der Waals surface area contributed by atoms with Crippen molar-refractivity contribution in [1.82, 2.24) is 14.3 Å². The van der Waals surface area contributed by atoms with Crippen LogP contribution >= 0.6 is 11.8 Å². The van der Waals surface area contributed by atoms with Crippen molar-refractivity contribution in [2.75, 3.05) is 0 Å². The third-order valence-corrected chi connectivity index (χ3v) is 7.45. The molecule has 0 saturated heterocycles. The minimum atomic E-state index is -4.50. The average Bonchev–Trinajstić information content (AvgIpc) is 3.20. The number of hydrogen-bond donors (Lipinski definition) is 1. The lowest BCUT2D eigenvalue weighted by atomic mass is 10.1. The number of ether oxygens (including phenoxy) is 1. The number of aliphatic carboxylic acids is 1. The fraction of sp³-hybridized carbons (Fsp3) is 0.250. The summed E-state index contributed by atoms with van der Waals surface area (Å²) < 4.78 is 47.8. The van der Waals surface area contributed by atoms with Crippen LogP contribution in [0.4, 0.5) is 13.2 Å². The van der Waals surface area contributed by atoms with Gasteiger partial charge >= 0.3 is 17.8 Å². The van der Waals surface area contributed by atoms with E-state index in [4.69, 9.17) is 4.74 Å². The number of rotatable bonds is 9. The molecule has 1 aromatic heterocycles. The van der Waals surface area contributed by atoms with Crippen LogP contribution in [-0.2, 0) is 18.0 Å². The molecule has 0 amide bonds. The summed E-state index contributed by atoms with van der Waals surface area (Å²) in [4.78, 5) is 25.3. The van der Waals surface area contributed by atoms with E-state index in [0.717, 1.165) is 27.3 Å². The zero-order valence-electron chi connectivity index (χ0n) is 21.3. The highest BCUT2D eigenvalue weighted by Crippen LogP contribution is 2.34. The Balaban J connectivity index is 1.71. The summed E-state index contributed by atoms with van der Waals surface area (Å²) in [5, 5.41) is 13.3. The normalized spacial score (nSPS) is 13.2. The molecule has 204 valence electrons. The van der Waals surface area contributed by atoms with E-state index in [2.05, 4.69) is 5.10 Å². The highest BCUT2D eigenvalue weighted by molar-refractivity contribution is 8.00. The number of aromatic nitrogens is 3. The predicted octanol–water partition coefficient (Wildman–Crippen LogP) is 6.02. The van der Waals surface area contributed by atoms with E-state index >= 15 is 0 Å². The molecule has 1 heterocycles. The van der Waals surface area contributed by atoms with Crippen LogP contribution in [0, 0.1) is 6.92 Å². The number of benzene rings is 3. The number of carboxylic acids is 1. The van der Waals surface area contributed by atoms with Gasteiger partial charge in [0.05, 0.1) is 11.3 Å². The maximum absolute atomic E-state index is 13.1. The van der Waals surface area contributed by atoms with Crippen LogP contribution in [0.25, 0.3) is 5.69 Å². The highest BCUT2D eigenvalue weighted by Gasteiger charge is 2.30. The van der Waals surface area contributed by atoms with Gasteiger partial charge < -0.3 is 9.84 Å². The van der Waals surface area contributed by atoms with Gasteiger partial charge in [0.25, 0.3) is 0 Å². The Kier molecular flexibility index (Phi) is 8.19. The minimum Gasteiger partial charge on any atom is -0.480 e. The van der Waals surface area contributed by atoms with Gasteiger partial charge in [-0.2, -0.15) is 17.9 Å². The number of hydrogen-bond acceptors (Lipinski definition) is 5. The van der Waals surface area contributed by atoms with Gasteiger partial charge in [0.15, 0.2) is 11.9 Å². The van der Waals surface area contributed by atoms with Gasteiger partial charge in [0.2, 0.25) is 0 Å². The number of halogens is 3. The van der Waals surface area contributed by atoms with Crippen LogP contribution in [0.3, 0.4) is 0 Å². The highest BCUT2D eigenvalue weighted by atomic mass is 32.2. The Labute approximate surface area is 226 Å². The number of aryl methyl sites for hydroxylation is 1. The minimum absolute atomic E-state index is 0.183. The molecular weight excluding hydrogens is 531 g/mol. The molecule has 4 aromatic rings. The predicted molar refractivity (Wildman–Crippen MR) is 141 cm³/mol. The van der Waals surface area contributed by atoms with Gasteiger partial charge in [-0.05, 0) is 61.4 Å². The van der Waals surface area contributed by atoms with Crippen molar-refractivity contribution >= 4 is 17.7 Å². The van der Waals surface area contributed by atoms with Gasteiger partial charge in [0, 0.05) is 17.5 Å². The van der Waals surface area contributed by atoms with Crippen LogP contribution in [0.1, 0.15) is 42.0 Å². The van der Waals surface area contributed by atoms with Crippen molar-refractivity contribution in [2.24, 2.45) is 7.05 Å². The Morgan fingerprint density at radius 1 is 1.08 bits per heavy atom. The number of carbonyl (C=O) groups is 1. The number of alkyl halides is 3. The van der Waals surface area contributed by atoms with Crippen LogP contribution in [0.15, 0.2) is 82.5 Å². The molecule has 0 aliphatic heterocycles. The molecule has 3 aromatic carbocycles. The topological polar surface area (TPSA) is 86.4 Å². The molecule has 0 saturated carbocycles. The Bertz CT molecular complexity index is 1520. The first-order chi connectivity index (χ1) is 18.5. The lowest BCUT2D eigenvalue weighted by Gasteiger charge is -2.20. The zero-order valence-corrected chi connectivity index (χ0v) is 22.2. The smallest absolute Gasteiger partial charge is 0.416 e. The van der Waals surface area contributed by atoms with Gasteiger partial charge in [-0.3, -0.25) is 9.36 Å². The van der Waals surface area contributed by atoms with E-state index in [1.54, 1.807) is 12.1 Å². The zero-order chi connectivity index (χ0) is 28.3. The molecule has 0 fully saturated rings. The maximum atomic E-state index is 13.1. The third-order valence-electron chi connectivity index (χ3n) is 6.11. The SMILES string of the molecule is CCC(Sc1ccc(OC(c2ccccc2)c2nn(-c3ccc(C(F)(F)F)cc3)c(=O)n2C)c(C)c1)C(=O)O. The van der Waals surface area contributed by atoms with Gasteiger partial charge in [0.1, 0.15) is 11.0 Å². The van der Waals surface area contributed by atoms with E-state index in [1.807, 2.05) is 50.2 Å². The number of nitrogens with zero attached hydrogens (tertiary/aromatic N) is 3. The molecule has 7 nitrogen and oxygen atoms in total. The van der Waals surface area contributed by atoms with Crippen molar-refractivity contribution in [3.05, 3.63) is 106 Å². The summed E-state index contributed by atoms with van der Waals surface area (Å²) in [5.41, 5.74) is 0.278. The second-order valence-electron chi connectivity index (χ2n) is 8.85. The van der Waals surface area contributed by atoms with Gasteiger partial charge in [-0.25, -0.2) is 4.79 Å². The molecule has 2 atom stereocenters. The lowest BCUT2D eigenvalue weighted by Crippen LogP contribution is -2.23. The molecule has 0 radical (unpaired) electrons. The molecule has 11 heteroatoms. The summed E-state index contributed by atoms with van der Waals surface area (Å²) in [5.74, 6) is -0.122. The van der Waals surface area contributed by atoms with E-state index in [0.29, 0.717) is 17.7 Å². The lowest BCUT2D eigenvalue weighted by molar-refractivity contribution is -0.138. The summed E-state index contributed by atoms with van der Waals surface area (Å²) >= 11 is 1.25. The molecule has 0 aliphatic carbocycles. The molecule has 0 bridgehead atoms. The molecule has 0 aliphatic rings. The first-order valence-corrected chi connectivity index (χ1v) is 12.9. The Hall–Kier alpha value is -3.99. The number of thioether (sulfide) groups is 1. The fourth-order valence-corrected chi connectivity index (χ4v) is 4.95. The summed E-state index contributed by atoms with van der Waals surface area (Å²) in [6.45, 7) is 3.65. The first kappa shape index (κ1) is 28.0. The van der Waals surface area contributed by atoms with Crippen molar-refractivity contribution in [1.29, 1.82) is 0 Å². The molecule has 4 rings (SSSR count). The fourth-order valence-electron chi connectivity index (χ4n) is 3.97. The summed E-state index contributed by atoms with van der Waals surface area (Å²) in [6, 6.07) is 18.7. The molecular formula is C28H26F3N3O4S. The van der Waals surface area contributed by atoms with Gasteiger partial charge in [-0.1, -0.05) is 37.3 Å². The Morgan fingerprint density at radius 2 is 1.74 bits per heavy atom. The van der Waals surface area contributed by atoms with E-state index in [9.17, 15) is 27.9 Å². The Morgan fingerprint density at radius 3 is 2.31 bits per heavy atom. The van der Waals surface area contributed by atoms with E-state index < -0.39 is 34.8 Å². The van der Waals surface area contributed by atoms with Crippen molar-refractivity contribution < 1.29 is 27.8 Å². The van der Waals surface area contributed by atoms with Crippen LogP contribution in [0.2, 0.25) is 0 Å². The molecule has 1 N–H and O–H groups in total. The van der Waals surface area contributed by atoms with Crippen LogP contribution in [-0.4, -0.2) is 30.7 Å². The van der Waals surface area contributed by atoms with Crippen LogP contribution in [0.5, 0.6) is 5.75 Å². The monoisotopic (exact) mass is 557 g/mol. The third kappa shape index (κ3) is 6.19. The van der Waals surface area contributed by atoms with Gasteiger partial charge in [-0.15, -0.1) is 16.9 Å². The molecule has 2 unspecified atom stereocenters. The molecule has 39 heavy (non-hydrogen) atoms. The summed E-state index contributed by atoms with van der Waals surface area (Å²) in [7, 11) is 1.52. The quantitative estimate of drug-likeness (QED) is 0.253. The second kappa shape index (κ2) is 11.4. The number of carboxylic acid groups (broad SMARTS) is 1. The maximum Gasteiger partial charge on any atom is 0.416 e. The first-order valence-electron chi connectivity index (χ1n) is 12.0. The van der Waals surface area contributed by atoms with Crippen molar-refractivity contribution in [2.45, 2.75) is 42.7 Å². The summed E-state index contributed by atoms with van der Waals surface area (Å²) in [6.07, 6.45) is -4.84. The standard InChI is InChI=1S/C28H26F3N3O4S/c1-4-23(26(35)36)39-21-14-15-22(17(2)16-21)38-24(18-8-6-5-7-9-18)25-32-34(27(37)33(25)3)20-12-10-19(11-13-20)28(29,30)31/h5-16,23-24H,4H2,1-3H3,(H,35,36). The second-order valence-corrected chi connectivity index (χ2v) is 10.1. The van der Waals surface area contributed by atoms with E-state index in [-0.39, 0.29) is 11.5 Å². The molecule has 0 spiro atoms. The van der Waals surface area contributed by atoms with E-state index in [1.165, 1.54) is 35.5 Å². The largest absolute Gasteiger partial charge is 0.480 e. The average molecular weight is 558 g/mol. The van der Waals surface area contributed by atoms with Crippen LogP contribution < -0.4 is 10.4 Å².